The summed E-state index contributed by atoms with van der Waals surface area (Å²) in [6, 6.07) is 9.17. The molecule has 2 aromatic carbocycles. The largest absolute Gasteiger partial charge is 0.506 e. The number of fused-ring (bicyclic) bond motifs is 1. The van der Waals surface area contributed by atoms with Crippen molar-refractivity contribution < 1.29 is 5.11 Å². The highest BCUT2D eigenvalue weighted by Gasteiger charge is 2.33. The van der Waals surface area contributed by atoms with Gasteiger partial charge in [-0.1, -0.05) is 30.7 Å². The van der Waals surface area contributed by atoms with Crippen LogP contribution in [0.5, 0.6) is 5.75 Å². The van der Waals surface area contributed by atoms with Crippen LogP contribution in [-0.2, 0) is 0 Å². The maximum Gasteiger partial charge on any atom is 0.141 e. The van der Waals surface area contributed by atoms with E-state index in [1.807, 2.05) is 19.1 Å². The van der Waals surface area contributed by atoms with Crippen LogP contribution in [0.3, 0.4) is 0 Å². The van der Waals surface area contributed by atoms with E-state index in [9.17, 15) is 5.11 Å². The number of aryl methyl sites for hydroxylation is 1. The quantitative estimate of drug-likeness (QED) is 0.711. The number of hydrogen-bond acceptors (Lipinski definition) is 3. The van der Waals surface area contributed by atoms with Gasteiger partial charge in [0.25, 0.3) is 0 Å². The molecule has 0 bridgehead atoms. The van der Waals surface area contributed by atoms with Crippen molar-refractivity contribution in [2.75, 3.05) is 5.32 Å². The van der Waals surface area contributed by atoms with Crippen LogP contribution in [0.2, 0.25) is 5.02 Å². The van der Waals surface area contributed by atoms with Crippen LogP contribution in [0.15, 0.2) is 24.3 Å². The van der Waals surface area contributed by atoms with E-state index in [-0.39, 0.29) is 16.9 Å². The van der Waals surface area contributed by atoms with E-state index >= 15 is 0 Å². The van der Waals surface area contributed by atoms with Crippen LogP contribution in [0.4, 0.5) is 5.69 Å². The molecule has 0 aromatic heterocycles. The summed E-state index contributed by atoms with van der Waals surface area (Å²) in [7, 11) is 0. The minimum Gasteiger partial charge on any atom is -0.506 e. The number of rotatable bonds is 1. The lowest BCUT2D eigenvalue weighted by Crippen LogP contribution is -2.37. The molecule has 4 heteroatoms. The predicted octanol–water partition coefficient (Wildman–Crippen LogP) is 5.59. The van der Waals surface area contributed by atoms with Gasteiger partial charge < -0.3 is 10.4 Å². The molecule has 1 aliphatic heterocycles. The standard InChI is InChI=1S/C20H21ClN2O/c1-11-8-15(14-7-5-6-13(10-22)19(14)24)17(21)16-12(2)9-20(3,4)23-18(11)16/h5-8,12,23-24H,9H2,1-4H3. The Bertz CT molecular complexity index is 865. The van der Waals surface area contributed by atoms with Gasteiger partial charge in [-0.2, -0.15) is 5.26 Å². The highest BCUT2D eigenvalue weighted by Crippen LogP contribution is 2.48. The van der Waals surface area contributed by atoms with Crippen LogP contribution in [0.25, 0.3) is 11.1 Å². The second-order valence-corrected chi connectivity index (χ2v) is 7.65. The Labute approximate surface area is 147 Å². The summed E-state index contributed by atoms with van der Waals surface area (Å²) in [5.41, 5.74) is 4.91. The van der Waals surface area contributed by atoms with Crippen molar-refractivity contribution in [1.29, 1.82) is 5.26 Å². The molecule has 24 heavy (non-hydrogen) atoms. The number of nitriles is 1. The average Bonchev–Trinajstić information content (AvgIpc) is 2.50. The Balaban J connectivity index is 2.26. The molecular formula is C20H21ClN2O. The highest BCUT2D eigenvalue weighted by molar-refractivity contribution is 6.35. The average molecular weight is 341 g/mol. The third-order valence-corrected chi connectivity index (χ3v) is 5.12. The monoisotopic (exact) mass is 340 g/mol. The minimum atomic E-state index is -0.0157. The van der Waals surface area contributed by atoms with E-state index < -0.39 is 0 Å². The molecule has 1 atom stereocenters. The fraction of sp³-hybridized carbons (Fsp3) is 0.350. The van der Waals surface area contributed by atoms with E-state index in [2.05, 4.69) is 26.1 Å². The number of phenolic OH excluding ortho intramolecular Hbond substituents is 1. The number of phenols is 1. The molecule has 0 fully saturated rings. The lowest BCUT2D eigenvalue weighted by atomic mass is 9.79. The van der Waals surface area contributed by atoms with Gasteiger partial charge in [0.2, 0.25) is 0 Å². The van der Waals surface area contributed by atoms with Crippen molar-refractivity contribution in [2.24, 2.45) is 0 Å². The Hall–Kier alpha value is -2.18. The van der Waals surface area contributed by atoms with Gasteiger partial charge in [-0.15, -0.1) is 0 Å². The number of nitrogens with zero attached hydrogens (tertiary/aromatic N) is 1. The third kappa shape index (κ3) is 2.61. The second-order valence-electron chi connectivity index (χ2n) is 7.27. The molecular weight excluding hydrogens is 320 g/mol. The molecule has 2 aromatic rings. The van der Waals surface area contributed by atoms with Crippen LogP contribution in [0, 0.1) is 18.3 Å². The van der Waals surface area contributed by atoms with Gasteiger partial charge in [0.15, 0.2) is 0 Å². The van der Waals surface area contributed by atoms with Crippen molar-refractivity contribution in [3.8, 4) is 22.9 Å². The smallest absolute Gasteiger partial charge is 0.141 e. The van der Waals surface area contributed by atoms with Crippen LogP contribution < -0.4 is 5.32 Å². The van der Waals surface area contributed by atoms with E-state index in [1.54, 1.807) is 18.2 Å². The first-order chi connectivity index (χ1) is 11.2. The van der Waals surface area contributed by atoms with Crippen LogP contribution in [-0.4, -0.2) is 10.6 Å². The van der Waals surface area contributed by atoms with Gasteiger partial charge >= 0.3 is 0 Å². The summed E-state index contributed by atoms with van der Waals surface area (Å²) >= 11 is 6.75. The van der Waals surface area contributed by atoms with Crippen molar-refractivity contribution in [2.45, 2.75) is 45.6 Å². The molecule has 0 amide bonds. The normalized spacial score (nSPS) is 18.4. The molecule has 0 saturated carbocycles. The van der Waals surface area contributed by atoms with E-state index in [4.69, 9.17) is 16.9 Å². The maximum atomic E-state index is 10.4. The number of halogens is 1. The van der Waals surface area contributed by atoms with Crippen molar-refractivity contribution >= 4 is 17.3 Å². The molecule has 0 spiro atoms. The molecule has 0 radical (unpaired) electrons. The molecule has 1 aliphatic rings. The minimum absolute atomic E-state index is 0.0157. The zero-order valence-corrected chi connectivity index (χ0v) is 15.1. The molecule has 1 heterocycles. The zero-order valence-electron chi connectivity index (χ0n) is 14.4. The topological polar surface area (TPSA) is 56.0 Å². The Kier molecular flexibility index (Phi) is 3.97. The Morgan fingerprint density at radius 1 is 1.33 bits per heavy atom. The van der Waals surface area contributed by atoms with Crippen LogP contribution >= 0.6 is 11.6 Å². The van der Waals surface area contributed by atoms with Gasteiger partial charge in [0.1, 0.15) is 11.8 Å². The van der Waals surface area contributed by atoms with Gasteiger partial charge in [0.05, 0.1) is 10.6 Å². The van der Waals surface area contributed by atoms with Crippen molar-refractivity contribution in [1.82, 2.24) is 0 Å². The fourth-order valence-corrected chi connectivity index (χ4v) is 4.19. The van der Waals surface area contributed by atoms with E-state index in [1.165, 1.54) is 0 Å². The Morgan fingerprint density at radius 2 is 2.04 bits per heavy atom. The lowest BCUT2D eigenvalue weighted by molar-refractivity contribution is 0.453. The maximum absolute atomic E-state index is 10.4. The number of nitrogens with one attached hydrogen (secondary N) is 1. The van der Waals surface area contributed by atoms with Gasteiger partial charge in [0, 0.05) is 22.4 Å². The summed E-state index contributed by atoms with van der Waals surface area (Å²) in [4.78, 5) is 0. The summed E-state index contributed by atoms with van der Waals surface area (Å²) in [6.07, 6.45) is 0.979. The van der Waals surface area contributed by atoms with Crippen molar-refractivity contribution in [3.05, 3.63) is 46.0 Å². The number of anilines is 1. The zero-order chi connectivity index (χ0) is 17.6. The van der Waals surface area contributed by atoms with Gasteiger partial charge in [-0.25, -0.2) is 0 Å². The summed E-state index contributed by atoms with van der Waals surface area (Å²) in [5, 5.41) is 23.8. The SMILES string of the molecule is Cc1cc(-c2cccc(C#N)c2O)c(Cl)c2c1NC(C)(C)CC2C. The van der Waals surface area contributed by atoms with E-state index in [0.717, 1.165) is 28.8 Å². The summed E-state index contributed by atoms with van der Waals surface area (Å²) in [6.45, 7) is 8.61. The first kappa shape index (κ1) is 16.7. The van der Waals surface area contributed by atoms with Gasteiger partial charge in [-0.3, -0.25) is 0 Å². The number of aromatic hydroxyl groups is 1. The molecule has 1 unspecified atom stereocenters. The highest BCUT2D eigenvalue weighted by atomic mass is 35.5. The third-order valence-electron chi connectivity index (χ3n) is 4.72. The van der Waals surface area contributed by atoms with E-state index in [0.29, 0.717) is 16.5 Å². The fourth-order valence-electron chi connectivity index (χ4n) is 3.75. The first-order valence-electron chi connectivity index (χ1n) is 8.09. The van der Waals surface area contributed by atoms with Crippen LogP contribution in [0.1, 0.15) is 49.8 Å². The second kappa shape index (κ2) is 5.72. The molecule has 2 N–H and O–H groups in total. The number of para-hydroxylation sites is 1. The van der Waals surface area contributed by atoms with Crippen molar-refractivity contribution in [3.63, 3.8) is 0 Å². The molecule has 3 nitrogen and oxygen atoms in total. The summed E-state index contributed by atoms with van der Waals surface area (Å²) < 4.78 is 0. The predicted molar refractivity (Wildman–Crippen MR) is 98.7 cm³/mol. The number of hydrogen-bond donors (Lipinski definition) is 2. The molecule has 124 valence electrons. The lowest BCUT2D eigenvalue weighted by Gasteiger charge is -2.39. The van der Waals surface area contributed by atoms with Gasteiger partial charge in [-0.05, 0) is 56.4 Å². The Morgan fingerprint density at radius 3 is 2.71 bits per heavy atom. The number of benzene rings is 2. The first-order valence-corrected chi connectivity index (χ1v) is 8.46. The molecule has 0 saturated heterocycles. The molecule has 3 rings (SSSR count). The molecule has 0 aliphatic carbocycles. The summed E-state index contributed by atoms with van der Waals surface area (Å²) in [5.74, 6) is 0.293.